The van der Waals surface area contributed by atoms with Crippen LogP contribution in [-0.4, -0.2) is 4.57 Å². The molecular formula is C44H37N. The molecule has 1 nitrogen and oxygen atoms in total. The molecule has 218 valence electrons. The Morgan fingerprint density at radius 3 is 2.00 bits per heavy atom. The highest BCUT2D eigenvalue weighted by molar-refractivity contribution is 6.16. The minimum atomic E-state index is -0.449. The fourth-order valence-electron chi connectivity index (χ4n) is 9.67. The second-order valence-corrected chi connectivity index (χ2v) is 14.7. The quantitative estimate of drug-likeness (QED) is 0.192. The fraction of sp³-hybridized carbons (Fsp3) is 0.227. The van der Waals surface area contributed by atoms with E-state index in [0.29, 0.717) is 5.92 Å². The number of hydrogen-bond donors (Lipinski definition) is 0. The molecule has 0 fully saturated rings. The molecule has 2 unspecified atom stereocenters. The van der Waals surface area contributed by atoms with Crippen molar-refractivity contribution in [1.82, 2.24) is 4.57 Å². The molecule has 0 saturated heterocycles. The van der Waals surface area contributed by atoms with Gasteiger partial charge in [-0.05, 0) is 99.2 Å². The zero-order chi connectivity index (χ0) is 30.6. The van der Waals surface area contributed by atoms with Gasteiger partial charge in [-0.15, -0.1) is 0 Å². The van der Waals surface area contributed by atoms with E-state index in [0.717, 1.165) is 6.42 Å². The maximum atomic E-state index is 2.69. The minimum Gasteiger partial charge on any atom is -0.308 e. The number of benzene rings is 6. The van der Waals surface area contributed by atoms with Crippen LogP contribution >= 0.6 is 0 Å². The molecule has 7 aromatic rings. The zero-order valence-electron chi connectivity index (χ0n) is 27.0. The van der Waals surface area contributed by atoms with E-state index in [2.05, 4.69) is 143 Å². The van der Waals surface area contributed by atoms with Gasteiger partial charge in [0.05, 0.1) is 22.1 Å². The predicted molar refractivity (Wildman–Crippen MR) is 189 cm³/mol. The molecule has 0 saturated carbocycles. The van der Waals surface area contributed by atoms with E-state index in [9.17, 15) is 0 Å². The van der Waals surface area contributed by atoms with Crippen molar-refractivity contribution in [3.05, 3.63) is 147 Å². The Labute approximate surface area is 265 Å². The van der Waals surface area contributed by atoms with Gasteiger partial charge in [0.1, 0.15) is 0 Å². The third kappa shape index (κ3) is 2.79. The summed E-state index contributed by atoms with van der Waals surface area (Å²) in [6.45, 7) is 14.3. The third-order valence-corrected chi connectivity index (χ3v) is 11.9. The molecule has 10 rings (SSSR count). The minimum absolute atomic E-state index is 0.145. The summed E-state index contributed by atoms with van der Waals surface area (Å²) in [7, 11) is 0. The summed E-state index contributed by atoms with van der Waals surface area (Å²) in [4.78, 5) is 0. The molecule has 3 heterocycles. The van der Waals surface area contributed by atoms with Crippen molar-refractivity contribution < 1.29 is 0 Å². The van der Waals surface area contributed by atoms with Crippen LogP contribution in [0.4, 0.5) is 0 Å². The summed E-state index contributed by atoms with van der Waals surface area (Å²) < 4.78 is 2.69. The maximum absolute atomic E-state index is 2.69. The highest BCUT2D eigenvalue weighted by atomic mass is 15.0. The van der Waals surface area contributed by atoms with Gasteiger partial charge < -0.3 is 4.57 Å². The van der Waals surface area contributed by atoms with Crippen LogP contribution in [0.1, 0.15) is 90.1 Å². The predicted octanol–water partition coefficient (Wildman–Crippen LogP) is 11.4. The van der Waals surface area contributed by atoms with E-state index < -0.39 is 5.41 Å². The van der Waals surface area contributed by atoms with Crippen molar-refractivity contribution in [2.24, 2.45) is 0 Å². The molecular weight excluding hydrogens is 542 g/mol. The van der Waals surface area contributed by atoms with Crippen LogP contribution in [0.5, 0.6) is 0 Å². The largest absolute Gasteiger partial charge is 0.308 e. The van der Waals surface area contributed by atoms with Crippen molar-refractivity contribution in [2.45, 2.75) is 64.7 Å². The Kier molecular flexibility index (Phi) is 4.65. The first-order chi connectivity index (χ1) is 21.8. The van der Waals surface area contributed by atoms with Gasteiger partial charge in [0.2, 0.25) is 0 Å². The highest BCUT2D eigenvalue weighted by Gasteiger charge is 2.52. The van der Waals surface area contributed by atoms with Crippen LogP contribution in [0.2, 0.25) is 0 Å². The first-order valence-corrected chi connectivity index (χ1v) is 16.7. The Bertz CT molecular complexity index is 2480. The summed E-state index contributed by atoms with van der Waals surface area (Å²) in [5.74, 6) is 0.462. The van der Waals surface area contributed by atoms with Crippen molar-refractivity contribution >= 4 is 32.6 Å². The van der Waals surface area contributed by atoms with Crippen LogP contribution < -0.4 is 0 Å². The molecule has 3 aliphatic rings. The fourth-order valence-corrected chi connectivity index (χ4v) is 9.67. The maximum Gasteiger partial charge on any atom is 0.0755 e. The van der Waals surface area contributed by atoms with Gasteiger partial charge in [-0.3, -0.25) is 0 Å². The molecule has 0 N–H and O–H groups in total. The number of nitrogens with zero attached hydrogens (tertiary/aromatic N) is 1. The average Bonchev–Trinajstić information content (AvgIpc) is 3.36. The van der Waals surface area contributed by atoms with Crippen LogP contribution in [0.15, 0.2) is 97.1 Å². The summed E-state index contributed by atoms with van der Waals surface area (Å²) in [6.07, 6.45) is 1.12. The summed E-state index contributed by atoms with van der Waals surface area (Å²) in [5, 5.41) is 5.49. The zero-order valence-corrected chi connectivity index (χ0v) is 27.0. The third-order valence-electron chi connectivity index (χ3n) is 11.9. The summed E-state index contributed by atoms with van der Waals surface area (Å²) in [6, 6.07) is 38.3. The Morgan fingerprint density at radius 1 is 0.622 bits per heavy atom. The number of fused-ring (bicyclic) bond motifs is 7. The molecule has 0 amide bonds. The molecule has 2 aliphatic heterocycles. The van der Waals surface area contributed by atoms with Crippen molar-refractivity contribution in [3.8, 4) is 16.8 Å². The number of aryl methyl sites for hydroxylation is 2. The molecule has 1 spiro atoms. The van der Waals surface area contributed by atoms with E-state index in [1.54, 1.807) is 0 Å². The Morgan fingerprint density at radius 2 is 1.24 bits per heavy atom. The van der Waals surface area contributed by atoms with Crippen LogP contribution in [0.25, 0.3) is 49.4 Å². The SMILES string of the molecule is CCC(C)c1cc2c3c(c1)C1(c4ccccc4-c4cccc5cccc1c45)c1cc(C)cc4c5cc(C)cc(c5n-3c14)C2(C)C. The van der Waals surface area contributed by atoms with E-state index in [-0.39, 0.29) is 5.41 Å². The topological polar surface area (TPSA) is 4.93 Å². The van der Waals surface area contributed by atoms with Gasteiger partial charge in [-0.1, -0.05) is 124 Å². The molecule has 2 atom stereocenters. The van der Waals surface area contributed by atoms with Crippen molar-refractivity contribution in [3.63, 3.8) is 0 Å². The summed E-state index contributed by atoms with van der Waals surface area (Å²) in [5.41, 5.74) is 19.0. The van der Waals surface area contributed by atoms with Gasteiger partial charge in [-0.2, -0.15) is 0 Å². The lowest BCUT2D eigenvalue weighted by atomic mass is 9.56. The molecule has 0 radical (unpaired) electrons. The van der Waals surface area contributed by atoms with Crippen molar-refractivity contribution in [1.29, 1.82) is 0 Å². The second-order valence-electron chi connectivity index (χ2n) is 14.7. The van der Waals surface area contributed by atoms with Gasteiger partial charge in [-0.25, -0.2) is 0 Å². The van der Waals surface area contributed by atoms with E-state index in [4.69, 9.17) is 0 Å². The van der Waals surface area contributed by atoms with E-state index >= 15 is 0 Å². The van der Waals surface area contributed by atoms with Gasteiger partial charge >= 0.3 is 0 Å². The Hall–Kier alpha value is -4.62. The first-order valence-electron chi connectivity index (χ1n) is 16.7. The first kappa shape index (κ1) is 25.7. The van der Waals surface area contributed by atoms with Crippen LogP contribution in [-0.2, 0) is 10.8 Å². The molecule has 1 aromatic heterocycles. The van der Waals surface area contributed by atoms with Gasteiger partial charge in [0.15, 0.2) is 0 Å². The average molecular weight is 580 g/mol. The van der Waals surface area contributed by atoms with E-state index in [1.165, 1.54) is 99.5 Å². The lowest BCUT2D eigenvalue weighted by molar-refractivity contribution is 0.610. The Balaban J connectivity index is 1.57. The van der Waals surface area contributed by atoms with Gasteiger partial charge in [0, 0.05) is 16.2 Å². The molecule has 1 aliphatic carbocycles. The lowest BCUT2D eigenvalue weighted by Gasteiger charge is -2.48. The van der Waals surface area contributed by atoms with Crippen molar-refractivity contribution in [2.75, 3.05) is 0 Å². The smallest absolute Gasteiger partial charge is 0.0755 e. The van der Waals surface area contributed by atoms with Gasteiger partial charge in [0.25, 0.3) is 0 Å². The molecule has 0 bridgehead atoms. The van der Waals surface area contributed by atoms with Crippen LogP contribution in [0, 0.1) is 13.8 Å². The molecule has 1 heteroatoms. The number of rotatable bonds is 2. The number of aromatic nitrogens is 1. The highest BCUT2D eigenvalue weighted by Crippen LogP contribution is 2.63. The second kappa shape index (κ2) is 8.15. The van der Waals surface area contributed by atoms with E-state index in [1.807, 2.05) is 0 Å². The lowest BCUT2D eigenvalue weighted by Crippen LogP contribution is -2.40. The van der Waals surface area contributed by atoms with Crippen LogP contribution in [0.3, 0.4) is 0 Å². The standard InChI is InChI=1S/C44H37N/c1-7-26(4)28-22-36-42-38(23-28)44(33-16-9-8-14-29(33)30-15-10-12-27-13-11-17-34(44)39(27)30)37-21-25(3)19-32-31-18-24(2)20-35(43(36,5)6)40(31)45(42)41(32)37/h8-23,26H,7H2,1-6H3. The molecule has 6 aromatic carbocycles. The monoisotopic (exact) mass is 579 g/mol. The number of hydrogen-bond acceptors (Lipinski definition) is 0. The normalized spacial score (nSPS) is 18.7. The summed E-state index contributed by atoms with van der Waals surface area (Å²) >= 11 is 0. The molecule has 45 heavy (non-hydrogen) atoms.